The molecular formula is C11H15N3S. The molecular weight excluding hydrogens is 206 g/mol. The number of nitrogens with zero attached hydrogens (tertiary/aromatic N) is 1. The fourth-order valence-corrected chi connectivity index (χ4v) is 1.95. The van der Waals surface area contributed by atoms with Crippen molar-refractivity contribution in [3.05, 3.63) is 29.6 Å². The monoisotopic (exact) mass is 221 g/mol. The molecule has 4 heteroatoms. The lowest BCUT2D eigenvalue weighted by Gasteiger charge is -1.94. The van der Waals surface area contributed by atoms with Crippen LogP contribution in [-0.2, 0) is 13.0 Å². The summed E-state index contributed by atoms with van der Waals surface area (Å²) in [6, 6.07) is 6.13. The van der Waals surface area contributed by atoms with E-state index in [4.69, 9.17) is 5.73 Å². The molecule has 2 aromatic rings. The van der Waals surface area contributed by atoms with Crippen LogP contribution in [0, 0.1) is 0 Å². The van der Waals surface area contributed by atoms with Crippen molar-refractivity contribution in [1.82, 2.24) is 9.97 Å². The highest BCUT2D eigenvalue weighted by atomic mass is 32.2. The van der Waals surface area contributed by atoms with Gasteiger partial charge in [0.1, 0.15) is 5.82 Å². The van der Waals surface area contributed by atoms with Crippen molar-refractivity contribution >= 4 is 22.8 Å². The molecule has 1 aromatic heterocycles. The maximum Gasteiger partial charge on any atom is 0.108 e. The summed E-state index contributed by atoms with van der Waals surface area (Å²) in [6.07, 6.45) is 3.10. The summed E-state index contributed by atoms with van der Waals surface area (Å²) in [5, 5.41) is 0. The molecule has 0 saturated carbocycles. The summed E-state index contributed by atoms with van der Waals surface area (Å²) in [6.45, 7) is 0.578. The Hall–Kier alpha value is -1.00. The first-order valence-electron chi connectivity index (χ1n) is 5.00. The molecule has 0 atom stereocenters. The van der Waals surface area contributed by atoms with Crippen LogP contribution in [0.5, 0.6) is 0 Å². The van der Waals surface area contributed by atoms with Gasteiger partial charge in [0.2, 0.25) is 0 Å². The van der Waals surface area contributed by atoms with Crippen LogP contribution >= 0.6 is 11.8 Å². The van der Waals surface area contributed by atoms with Gasteiger partial charge in [0, 0.05) is 18.7 Å². The van der Waals surface area contributed by atoms with E-state index in [1.165, 1.54) is 0 Å². The highest BCUT2D eigenvalue weighted by molar-refractivity contribution is 7.98. The van der Waals surface area contributed by atoms with Crippen molar-refractivity contribution in [2.24, 2.45) is 5.73 Å². The molecule has 3 N–H and O–H groups in total. The molecule has 1 heterocycles. The summed E-state index contributed by atoms with van der Waals surface area (Å²) < 4.78 is 0. The average molecular weight is 221 g/mol. The number of benzene rings is 1. The SMILES string of the molecule is CSCCc1nc2ccc(CN)cc2[nH]1. The molecule has 0 amide bonds. The van der Waals surface area contributed by atoms with Crippen molar-refractivity contribution in [3.8, 4) is 0 Å². The van der Waals surface area contributed by atoms with Gasteiger partial charge >= 0.3 is 0 Å². The number of nitrogens with two attached hydrogens (primary N) is 1. The first-order valence-corrected chi connectivity index (χ1v) is 6.39. The topological polar surface area (TPSA) is 54.7 Å². The van der Waals surface area contributed by atoms with E-state index in [1.807, 2.05) is 23.9 Å². The second kappa shape index (κ2) is 4.68. The highest BCUT2D eigenvalue weighted by Gasteiger charge is 2.02. The van der Waals surface area contributed by atoms with Crippen molar-refractivity contribution < 1.29 is 0 Å². The van der Waals surface area contributed by atoms with Crippen LogP contribution in [-0.4, -0.2) is 22.0 Å². The molecule has 0 bridgehead atoms. The van der Waals surface area contributed by atoms with Gasteiger partial charge in [0.15, 0.2) is 0 Å². The van der Waals surface area contributed by atoms with E-state index in [1.54, 1.807) is 0 Å². The van der Waals surface area contributed by atoms with Gasteiger partial charge in [0.25, 0.3) is 0 Å². The smallest absolute Gasteiger partial charge is 0.108 e. The highest BCUT2D eigenvalue weighted by Crippen LogP contribution is 2.14. The number of rotatable bonds is 4. The molecule has 0 aliphatic rings. The summed E-state index contributed by atoms with van der Waals surface area (Å²) in [4.78, 5) is 7.84. The lowest BCUT2D eigenvalue weighted by atomic mass is 10.2. The second-order valence-corrected chi connectivity index (χ2v) is 4.47. The third-order valence-electron chi connectivity index (χ3n) is 2.37. The van der Waals surface area contributed by atoms with E-state index in [9.17, 15) is 0 Å². The fraction of sp³-hybridized carbons (Fsp3) is 0.364. The van der Waals surface area contributed by atoms with Crippen molar-refractivity contribution in [2.45, 2.75) is 13.0 Å². The van der Waals surface area contributed by atoms with Crippen LogP contribution in [0.1, 0.15) is 11.4 Å². The minimum Gasteiger partial charge on any atom is -0.342 e. The Bertz CT molecular complexity index is 450. The average Bonchev–Trinajstić information content (AvgIpc) is 2.67. The van der Waals surface area contributed by atoms with Crippen molar-refractivity contribution in [2.75, 3.05) is 12.0 Å². The zero-order valence-corrected chi connectivity index (χ0v) is 9.60. The van der Waals surface area contributed by atoms with E-state index in [0.717, 1.165) is 34.6 Å². The third-order valence-corrected chi connectivity index (χ3v) is 2.99. The standard InChI is InChI=1S/C11H15N3S/c1-15-5-4-11-13-9-3-2-8(7-12)6-10(9)14-11/h2-3,6H,4-5,7,12H2,1H3,(H,13,14). The van der Waals surface area contributed by atoms with Crippen LogP contribution in [0.3, 0.4) is 0 Å². The lowest BCUT2D eigenvalue weighted by Crippen LogP contribution is -1.95. The number of imidazole rings is 1. The molecule has 2 rings (SSSR count). The van der Waals surface area contributed by atoms with Crippen LogP contribution in [0.25, 0.3) is 11.0 Å². The molecule has 80 valence electrons. The first kappa shape index (κ1) is 10.5. The predicted octanol–water partition coefficient (Wildman–Crippen LogP) is 1.93. The van der Waals surface area contributed by atoms with E-state index in [0.29, 0.717) is 6.54 Å². The van der Waals surface area contributed by atoms with E-state index < -0.39 is 0 Å². The van der Waals surface area contributed by atoms with E-state index >= 15 is 0 Å². The first-order chi connectivity index (χ1) is 7.33. The van der Waals surface area contributed by atoms with E-state index in [2.05, 4.69) is 22.3 Å². The number of H-pyrrole nitrogens is 1. The Morgan fingerprint density at radius 2 is 2.33 bits per heavy atom. The van der Waals surface area contributed by atoms with Gasteiger partial charge < -0.3 is 10.7 Å². The lowest BCUT2D eigenvalue weighted by molar-refractivity contribution is 1.01. The number of hydrogen-bond acceptors (Lipinski definition) is 3. The second-order valence-electron chi connectivity index (χ2n) is 3.48. The Morgan fingerprint density at radius 3 is 3.07 bits per heavy atom. The van der Waals surface area contributed by atoms with Gasteiger partial charge in [-0.2, -0.15) is 11.8 Å². The fourth-order valence-electron chi connectivity index (χ4n) is 1.55. The summed E-state index contributed by atoms with van der Waals surface area (Å²) in [7, 11) is 0. The van der Waals surface area contributed by atoms with Crippen LogP contribution in [0.2, 0.25) is 0 Å². The Kier molecular flexibility index (Phi) is 3.28. The maximum atomic E-state index is 5.59. The largest absolute Gasteiger partial charge is 0.342 e. The zero-order chi connectivity index (χ0) is 10.7. The molecule has 0 aliphatic carbocycles. The van der Waals surface area contributed by atoms with Gasteiger partial charge in [-0.3, -0.25) is 0 Å². The van der Waals surface area contributed by atoms with Gasteiger partial charge in [-0.05, 0) is 24.0 Å². The van der Waals surface area contributed by atoms with Crippen molar-refractivity contribution in [3.63, 3.8) is 0 Å². The summed E-state index contributed by atoms with van der Waals surface area (Å²) >= 11 is 1.83. The Balaban J connectivity index is 2.29. The number of nitrogens with one attached hydrogen (secondary N) is 1. The number of aromatic amines is 1. The predicted molar refractivity (Wildman–Crippen MR) is 66.1 cm³/mol. The number of fused-ring (bicyclic) bond motifs is 1. The quantitative estimate of drug-likeness (QED) is 0.829. The van der Waals surface area contributed by atoms with Gasteiger partial charge in [-0.15, -0.1) is 0 Å². The minimum atomic E-state index is 0.578. The molecule has 0 radical (unpaired) electrons. The minimum absolute atomic E-state index is 0.578. The van der Waals surface area contributed by atoms with Crippen LogP contribution in [0.15, 0.2) is 18.2 Å². The Morgan fingerprint density at radius 1 is 1.47 bits per heavy atom. The van der Waals surface area contributed by atoms with Crippen LogP contribution in [0.4, 0.5) is 0 Å². The van der Waals surface area contributed by atoms with Gasteiger partial charge in [-0.25, -0.2) is 4.98 Å². The molecule has 0 fully saturated rings. The number of thioether (sulfide) groups is 1. The summed E-state index contributed by atoms with van der Waals surface area (Å²) in [5.41, 5.74) is 8.85. The molecule has 0 aliphatic heterocycles. The maximum absolute atomic E-state index is 5.59. The number of aromatic nitrogens is 2. The number of hydrogen-bond donors (Lipinski definition) is 2. The van der Waals surface area contributed by atoms with Crippen molar-refractivity contribution in [1.29, 1.82) is 0 Å². The van der Waals surface area contributed by atoms with E-state index in [-0.39, 0.29) is 0 Å². The normalized spacial score (nSPS) is 11.1. The molecule has 3 nitrogen and oxygen atoms in total. The zero-order valence-electron chi connectivity index (χ0n) is 8.79. The summed E-state index contributed by atoms with van der Waals surface area (Å²) in [5.74, 6) is 2.16. The molecule has 0 spiro atoms. The molecule has 0 unspecified atom stereocenters. The Labute approximate surface area is 93.5 Å². The molecule has 15 heavy (non-hydrogen) atoms. The third kappa shape index (κ3) is 2.33. The van der Waals surface area contributed by atoms with Crippen LogP contribution < -0.4 is 5.73 Å². The van der Waals surface area contributed by atoms with Gasteiger partial charge in [-0.1, -0.05) is 6.07 Å². The number of aryl methyl sites for hydroxylation is 1. The molecule has 0 saturated heterocycles. The van der Waals surface area contributed by atoms with Gasteiger partial charge in [0.05, 0.1) is 11.0 Å². The molecule has 1 aromatic carbocycles.